The summed E-state index contributed by atoms with van der Waals surface area (Å²) in [5.74, 6) is -1.99. The van der Waals surface area contributed by atoms with Gasteiger partial charge in [0.1, 0.15) is 0 Å². The third-order valence-corrected chi connectivity index (χ3v) is 9.92. The van der Waals surface area contributed by atoms with Crippen LogP contribution in [0.15, 0.2) is 115 Å². The topological polar surface area (TPSA) is 183 Å². The first-order valence-electron chi connectivity index (χ1n) is 17.3. The SMILES string of the molecule is C[C@@H](NC(=O)c1cc(C(=O)N[C@@H](Cc2ccccc2)[C@@H](O)C(=O)Nc2ncc(CCOCc3ccccc3)[nH]2)cc(N(C)S(C)(=O)=O)c1)c1ccccc1. The number of nitrogens with one attached hydrogen (secondary N) is 4. The maximum Gasteiger partial charge on any atom is 0.257 e. The van der Waals surface area contributed by atoms with Crippen LogP contribution in [0.1, 0.15) is 56.1 Å². The molecule has 1 aromatic heterocycles. The molecule has 14 heteroatoms. The molecule has 0 fully saturated rings. The number of nitrogens with zero attached hydrogens (tertiary/aromatic N) is 2. The van der Waals surface area contributed by atoms with Crippen LogP contribution in [0.25, 0.3) is 0 Å². The molecule has 0 unspecified atom stereocenters. The molecule has 54 heavy (non-hydrogen) atoms. The third kappa shape index (κ3) is 11.1. The number of carbonyl (C=O) groups is 3. The summed E-state index contributed by atoms with van der Waals surface area (Å²) in [4.78, 5) is 48.0. The highest BCUT2D eigenvalue weighted by atomic mass is 32.2. The first-order chi connectivity index (χ1) is 25.9. The number of hydrogen-bond acceptors (Lipinski definition) is 8. The van der Waals surface area contributed by atoms with E-state index in [2.05, 4.69) is 25.9 Å². The molecule has 0 saturated heterocycles. The number of amides is 3. The Morgan fingerprint density at radius 3 is 2.04 bits per heavy atom. The number of anilines is 2. The lowest BCUT2D eigenvalue weighted by atomic mass is 9.99. The average Bonchev–Trinajstić information content (AvgIpc) is 3.62. The second kappa shape index (κ2) is 18.3. The smallest absolute Gasteiger partial charge is 0.257 e. The lowest BCUT2D eigenvalue weighted by Gasteiger charge is -2.24. The van der Waals surface area contributed by atoms with Crippen molar-refractivity contribution in [3.8, 4) is 0 Å². The fraction of sp³-hybridized carbons (Fsp3) is 0.250. The van der Waals surface area contributed by atoms with E-state index in [1.165, 1.54) is 25.2 Å². The highest BCUT2D eigenvalue weighted by molar-refractivity contribution is 7.92. The molecular formula is C40H44N6O7S. The van der Waals surface area contributed by atoms with E-state index in [1.54, 1.807) is 37.4 Å². The Balaban J connectivity index is 1.32. The normalized spacial score (nSPS) is 13.0. The lowest BCUT2D eigenvalue weighted by molar-refractivity contribution is -0.125. The first kappa shape index (κ1) is 39.4. The maximum absolute atomic E-state index is 13.9. The maximum atomic E-state index is 13.9. The number of aromatic nitrogens is 2. The number of H-pyrrole nitrogens is 1. The zero-order chi connectivity index (χ0) is 38.7. The highest BCUT2D eigenvalue weighted by Crippen LogP contribution is 2.23. The van der Waals surface area contributed by atoms with E-state index in [4.69, 9.17) is 4.74 Å². The molecule has 0 bridgehead atoms. The first-order valence-corrected chi connectivity index (χ1v) is 19.2. The van der Waals surface area contributed by atoms with Gasteiger partial charge in [0.15, 0.2) is 6.10 Å². The van der Waals surface area contributed by atoms with Crippen molar-refractivity contribution in [2.45, 2.75) is 44.6 Å². The summed E-state index contributed by atoms with van der Waals surface area (Å²) in [6.45, 7) is 2.67. The minimum atomic E-state index is -3.78. The fourth-order valence-corrected chi connectivity index (χ4v) is 6.07. The van der Waals surface area contributed by atoms with E-state index in [0.717, 1.165) is 27.3 Å². The Morgan fingerprint density at radius 1 is 0.852 bits per heavy atom. The molecule has 5 N–H and O–H groups in total. The van der Waals surface area contributed by atoms with Crippen LogP contribution in [0.2, 0.25) is 0 Å². The van der Waals surface area contributed by atoms with Gasteiger partial charge in [0.25, 0.3) is 17.7 Å². The van der Waals surface area contributed by atoms with Crippen molar-refractivity contribution in [1.82, 2.24) is 20.6 Å². The molecule has 5 rings (SSSR count). The zero-order valence-electron chi connectivity index (χ0n) is 30.2. The van der Waals surface area contributed by atoms with Crippen molar-refractivity contribution < 1.29 is 32.6 Å². The number of carbonyl (C=O) groups excluding carboxylic acids is 3. The van der Waals surface area contributed by atoms with Crippen LogP contribution >= 0.6 is 0 Å². The number of hydrogen-bond donors (Lipinski definition) is 5. The van der Waals surface area contributed by atoms with Gasteiger partial charge >= 0.3 is 0 Å². The highest BCUT2D eigenvalue weighted by Gasteiger charge is 2.30. The van der Waals surface area contributed by atoms with Crippen LogP contribution in [-0.4, -0.2) is 73.3 Å². The Labute approximate surface area is 314 Å². The van der Waals surface area contributed by atoms with Crippen molar-refractivity contribution >= 4 is 39.4 Å². The molecule has 5 aromatic rings. The van der Waals surface area contributed by atoms with Gasteiger partial charge in [-0.15, -0.1) is 0 Å². The van der Waals surface area contributed by atoms with Crippen molar-refractivity contribution in [2.75, 3.05) is 29.5 Å². The van der Waals surface area contributed by atoms with Gasteiger partial charge in [0, 0.05) is 30.3 Å². The molecule has 0 radical (unpaired) electrons. The number of benzene rings is 4. The average molecular weight is 753 g/mol. The molecule has 3 amide bonds. The predicted octanol–water partition coefficient (Wildman–Crippen LogP) is 4.40. The number of imidazole rings is 1. The van der Waals surface area contributed by atoms with Crippen LogP contribution in [0.5, 0.6) is 0 Å². The number of ether oxygens (including phenoxy) is 1. The summed E-state index contributed by atoms with van der Waals surface area (Å²) in [5.41, 5.74) is 3.38. The predicted molar refractivity (Wildman–Crippen MR) is 206 cm³/mol. The molecule has 0 aliphatic carbocycles. The molecule has 0 aliphatic heterocycles. The van der Waals surface area contributed by atoms with Gasteiger partial charge in [-0.05, 0) is 48.2 Å². The molecule has 0 saturated carbocycles. The molecule has 1 heterocycles. The van der Waals surface area contributed by atoms with Gasteiger partial charge in [0.05, 0.1) is 43.4 Å². The quantitative estimate of drug-likeness (QED) is 0.0867. The molecule has 0 spiro atoms. The third-order valence-electron chi connectivity index (χ3n) is 8.71. The monoisotopic (exact) mass is 752 g/mol. The number of aromatic amines is 1. The summed E-state index contributed by atoms with van der Waals surface area (Å²) in [5, 5.41) is 19.6. The van der Waals surface area contributed by atoms with Crippen molar-refractivity contribution in [2.24, 2.45) is 0 Å². The van der Waals surface area contributed by atoms with Gasteiger partial charge in [-0.2, -0.15) is 0 Å². The summed E-state index contributed by atoms with van der Waals surface area (Å²) in [7, 11) is -2.47. The minimum Gasteiger partial charge on any atom is -0.381 e. The second-order valence-corrected chi connectivity index (χ2v) is 14.9. The van der Waals surface area contributed by atoms with Crippen molar-refractivity contribution in [1.29, 1.82) is 0 Å². The molecular weight excluding hydrogens is 709 g/mol. The Kier molecular flexibility index (Phi) is 13.3. The van der Waals surface area contributed by atoms with Crippen molar-refractivity contribution in [3.63, 3.8) is 0 Å². The largest absolute Gasteiger partial charge is 0.381 e. The minimum absolute atomic E-state index is 0.0351. The van der Waals surface area contributed by atoms with Gasteiger partial charge in [-0.25, -0.2) is 13.4 Å². The van der Waals surface area contributed by atoms with Gasteiger partial charge in [-0.1, -0.05) is 91.0 Å². The molecule has 4 aromatic carbocycles. The van der Waals surface area contributed by atoms with E-state index in [-0.39, 0.29) is 29.2 Å². The van der Waals surface area contributed by atoms with Crippen LogP contribution in [0.4, 0.5) is 11.6 Å². The summed E-state index contributed by atoms with van der Waals surface area (Å²) in [6, 6.07) is 30.5. The van der Waals surface area contributed by atoms with Gasteiger partial charge < -0.3 is 25.5 Å². The Morgan fingerprint density at radius 2 is 1.43 bits per heavy atom. The Hall–Kier alpha value is -5.83. The standard InChI is InChI=1S/C40H44N6O7S/c1-27(30-17-11-6-12-18-30)42-37(48)31-22-32(24-34(23-31)46(2)54(3,51)52)38(49)44-35(21-28-13-7-4-8-14-28)36(47)39(50)45-40-41-25-33(43-40)19-20-53-26-29-15-9-5-10-16-29/h4-18,22-25,27,35-36,47H,19-21,26H2,1-3H3,(H,42,48)(H,44,49)(H2,41,43,45,50)/t27-,35+,36-/m1/s1. The molecule has 0 aliphatic rings. The van der Waals surface area contributed by atoms with Crippen LogP contribution in [-0.2, 0) is 39.0 Å². The lowest BCUT2D eigenvalue weighted by Crippen LogP contribution is -2.50. The van der Waals surface area contributed by atoms with E-state index in [0.29, 0.717) is 25.3 Å². The number of rotatable bonds is 17. The zero-order valence-corrected chi connectivity index (χ0v) is 31.0. The van der Waals surface area contributed by atoms with Gasteiger partial charge in [-0.3, -0.25) is 24.0 Å². The van der Waals surface area contributed by atoms with Crippen molar-refractivity contribution in [3.05, 3.63) is 149 Å². The fourth-order valence-electron chi connectivity index (χ4n) is 5.58. The van der Waals surface area contributed by atoms with E-state index in [1.807, 2.05) is 66.7 Å². The number of aliphatic hydroxyl groups is 1. The molecule has 13 nitrogen and oxygen atoms in total. The second-order valence-electron chi connectivity index (χ2n) is 12.9. The van der Waals surface area contributed by atoms with Crippen LogP contribution in [0, 0.1) is 0 Å². The summed E-state index contributed by atoms with van der Waals surface area (Å²) in [6.07, 6.45) is 1.39. The van der Waals surface area contributed by atoms with E-state index >= 15 is 0 Å². The molecule has 282 valence electrons. The van der Waals surface area contributed by atoms with Gasteiger partial charge in [0.2, 0.25) is 16.0 Å². The van der Waals surface area contributed by atoms with E-state index in [9.17, 15) is 27.9 Å². The molecule has 3 atom stereocenters. The Bertz CT molecular complexity index is 2130. The van der Waals surface area contributed by atoms with E-state index < -0.39 is 45.9 Å². The number of sulfonamides is 1. The van der Waals surface area contributed by atoms with Crippen LogP contribution < -0.4 is 20.3 Å². The van der Waals surface area contributed by atoms with Crippen LogP contribution in [0.3, 0.4) is 0 Å². The summed E-state index contributed by atoms with van der Waals surface area (Å²) < 4.78 is 31.7. The number of aliphatic hydroxyl groups excluding tert-OH is 1. The summed E-state index contributed by atoms with van der Waals surface area (Å²) >= 11 is 0.